The summed E-state index contributed by atoms with van der Waals surface area (Å²) in [5.74, 6) is 4.09. The lowest BCUT2D eigenvalue weighted by Gasteiger charge is -2.07. The molecule has 2 saturated carbocycles. The molecule has 2 unspecified atom stereocenters. The summed E-state index contributed by atoms with van der Waals surface area (Å²) in [6.45, 7) is 1.65. The van der Waals surface area contributed by atoms with Crippen molar-refractivity contribution in [2.24, 2.45) is 5.92 Å². The standard InChI is InChI=1S/C23H24N2O/c1-2-16-4-3-5-18(12-16)15-25-23(26)20-10-8-19(9-11-20)21-13-22(21)24-14-17-6-7-17/h1,3-5,8-12,17,21-22,24H,6-7,13-15H2,(H,25,26). The molecular formula is C23H24N2O. The highest BCUT2D eigenvalue weighted by atomic mass is 16.1. The Morgan fingerprint density at radius 2 is 1.96 bits per heavy atom. The van der Waals surface area contributed by atoms with E-state index in [-0.39, 0.29) is 5.91 Å². The van der Waals surface area contributed by atoms with Crippen molar-refractivity contribution in [1.82, 2.24) is 10.6 Å². The van der Waals surface area contributed by atoms with Gasteiger partial charge in [0.05, 0.1) is 0 Å². The second-order valence-corrected chi connectivity index (χ2v) is 7.45. The summed E-state index contributed by atoms with van der Waals surface area (Å²) in [6.07, 6.45) is 9.41. The van der Waals surface area contributed by atoms with E-state index in [2.05, 4.69) is 28.7 Å². The topological polar surface area (TPSA) is 41.1 Å². The maximum absolute atomic E-state index is 12.4. The van der Waals surface area contributed by atoms with Gasteiger partial charge in [-0.05, 0) is 67.1 Å². The SMILES string of the molecule is C#Cc1cccc(CNC(=O)c2ccc(C3CC3NCC3CC3)cc2)c1. The van der Waals surface area contributed by atoms with Gasteiger partial charge in [0.15, 0.2) is 0 Å². The minimum Gasteiger partial charge on any atom is -0.348 e. The van der Waals surface area contributed by atoms with Crippen LogP contribution in [0.15, 0.2) is 48.5 Å². The first-order valence-electron chi connectivity index (χ1n) is 9.40. The summed E-state index contributed by atoms with van der Waals surface area (Å²) in [5.41, 5.74) is 3.87. The largest absolute Gasteiger partial charge is 0.348 e. The third-order valence-electron chi connectivity index (χ3n) is 5.30. The molecule has 4 rings (SSSR count). The van der Waals surface area contributed by atoms with Crippen molar-refractivity contribution in [2.75, 3.05) is 6.54 Å². The predicted octanol–water partition coefficient (Wildman–Crippen LogP) is 3.45. The number of amides is 1. The summed E-state index contributed by atoms with van der Waals surface area (Å²) in [5, 5.41) is 6.62. The fourth-order valence-electron chi connectivity index (χ4n) is 3.37. The third-order valence-corrected chi connectivity index (χ3v) is 5.30. The molecule has 2 N–H and O–H groups in total. The van der Waals surface area contributed by atoms with Gasteiger partial charge in [-0.15, -0.1) is 6.42 Å². The molecule has 2 aromatic rings. The van der Waals surface area contributed by atoms with Gasteiger partial charge in [-0.25, -0.2) is 0 Å². The second-order valence-electron chi connectivity index (χ2n) is 7.45. The first-order valence-corrected chi connectivity index (χ1v) is 9.40. The molecule has 1 amide bonds. The van der Waals surface area contributed by atoms with E-state index in [9.17, 15) is 4.79 Å². The molecule has 132 valence electrons. The average Bonchev–Trinajstić information content (AvgIpc) is 3.59. The molecule has 3 heteroatoms. The van der Waals surface area contributed by atoms with E-state index in [0.717, 1.165) is 17.0 Å². The highest BCUT2D eigenvalue weighted by Gasteiger charge is 2.38. The summed E-state index contributed by atoms with van der Waals surface area (Å²) in [7, 11) is 0. The van der Waals surface area contributed by atoms with Gasteiger partial charge < -0.3 is 10.6 Å². The number of nitrogens with one attached hydrogen (secondary N) is 2. The second kappa shape index (κ2) is 7.35. The number of carbonyl (C=O) groups excluding carboxylic acids is 1. The zero-order valence-electron chi connectivity index (χ0n) is 14.9. The monoisotopic (exact) mass is 344 g/mol. The zero-order chi connectivity index (χ0) is 17.9. The van der Waals surface area contributed by atoms with Crippen LogP contribution in [-0.4, -0.2) is 18.5 Å². The summed E-state index contributed by atoms with van der Waals surface area (Å²) < 4.78 is 0. The maximum atomic E-state index is 12.4. The van der Waals surface area contributed by atoms with Crippen molar-refractivity contribution in [3.8, 4) is 12.3 Å². The van der Waals surface area contributed by atoms with Crippen LogP contribution in [0.4, 0.5) is 0 Å². The van der Waals surface area contributed by atoms with Crippen LogP contribution in [0.3, 0.4) is 0 Å². The Morgan fingerprint density at radius 3 is 2.69 bits per heavy atom. The van der Waals surface area contributed by atoms with Crippen molar-refractivity contribution >= 4 is 5.91 Å². The van der Waals surface area contributed by atoms with Crippen LogP contribution in [0.5, 0.6) is 0 Å². The molecule has 0 heterocycles. The lowest BCUT2D eigenvalue weighted by Crippen LogP contribution is -2.22. The molecule has 3 nitrogen and oxygen atoms in total. The van der Waals surface area contributed by atoms with Crippen LogP contribution in [0, 0.1) is 18.3 Å². The Hall–Kier alpha value is -2.57. The zero-order valence-corrected chi connectivity index (χ0v) is 14.9. The minimum atomic E-state index is -0.0538. The molecule has 26 heavy (non-hydrogen) atoms. The fraction of sp³-hybridized carbons (Fsp3) is 0.348. The Kier molecular flexibility index (Phi) is 4.77. The van der Waals surface area contributed by atoms with Crippen LogP contribution in [-0.2, 0) is 6.54 Å². The van der Waals surface area contributed by atoms with Crippen molar-refractivity contribution in [3.63, 3.8) is 0 Å². The van der Waals surface area contributed by atoms with Crippen molar-refractivity contribution in [2.45, 2.75) is 37.8 Å². The average molecular weight is 344 g/mol. The van der Waals surface area contributed by atoms with E-state index in [4.69, 9.17) is 6.42 Å². The minimum absolute atomic E-state index is 0.0538. The number of carbonyl (C=O) groups is 1. The van der Waals surface area contributed by atoms with Crippen LogP contribution in [0.2, 0.25) is 0 Å². The number of terminal acetylenes is 1. The van der Waals surface area contributed by atoms with Gasteiger partial charge >= 0.3 is 0 Å². The Morgan fingerprint density at radius 1 is 1.15 bits per heavy atom. The number of hydrogen-bond acceptors (Lipinski definition) is 2. The molecule has 2 atom stereocenters. The van der Waals surface area contributed by atoms with Gasteiger partial charge in [0.25, 0.3) is 5.91 Å². The quantitative estimate of drug-likeness (QED) is 0.756. The first kappa shape index (κ1) is 16.9. The predicted molar refractivity (Wildman–Crippen MR) is 104 cm³/mol. The van der Waals surface area contributed by atoms with Crippen LogP contribution in [0.1, 0.15) is 52.2 Å². The molecule has 0 saturated heterocycles. The summed E-state index contributed by atoms with van der Waals surface area (Å²) in [6, 6.07) is 16.4. The smallest absolute Gasteiger partial charge is 0.251 e. The van der Waals surface area contributed by atoms with Gasteiger partial charge in [0.2, 0.25) is 0 Å². The first-order chi connectivity index (χ1) is 12.7. The number of hydrogen-bond donors (Lipinski definition) is 2. The molecule has 0 radical (unpaired) electrons. The molecule has 0 aliphatic heterocycles. The molecular weight excluding hydrogens is 320 g/mol. The molecule has 0 spiro atoms. The lowest BCUT2D eigenvalue weighted by atomic mass is 10.1. The van der Waals surface area contributed by atoms with Crippen LogP contribution in [0.25, 0.3) is 0 Å². The highest BCUT2D eigenvalue weighted by molar-refractivity contribution is 5.94. The molecule has 0 aromatic heterocycles. The molecule has 2 aliphatic carbocycles. The molecule has 0 bridgehead atoms. The van der Waals surface area contributed by atoms with Crippen molar-refractivity contribution in [1.29, 1.82) is 0 Å². The molecule has 2 aliphatic rings. The number of benzene rings is 2. The maximum Gasteiger partial charge on any atom is 0.251 e. The molecule has 2 fully saturated rings. The Balaban J connectivity index is 1.29. The van der Waals surface area contributed by atoms with Gasteiger partial charge in [-0.2, -0.15) is 0 Å². The van der Waals surface area contributed by atoms with E-state index in [1.54, 1.807) is 0 Å². The molecule has 2 aromatic carbocycles. The Labute approximate surface area is 155 Å². The van der Waals surface area contributed by atoms with Gasteiger partial charge in [-0.1, -0.05) is 30.2 Å². The van der Waals surface area contributed by atoms with E-state index in [1.807, 2.05) is 36.4 Å². The van der Waals surface area contributed by atoms with Gasteiger partial charge in [0, 0.05) is 29.6 Å². The van der Waals surface area contributed by atoms with E-state index >= 15 is 0 Å². The Bertz CT molecular complexity index is 830. The van der Waals surface area contributed by atoms with Crippen LogP contribution >= 0.6 is 0 Å². The summed E-state index contributed by atoms with van der Waals surface area (Å²) in [4.78, 5) is 12.4. The summed E-state index contributed by atoms with van der Waals surface area (Å²) >= 11 is 0. The van der Waals surface area contributed by atoms with E-state index in [1.165, 1.54) is 31.4 Å². The van der Waals surface area contributed by atoms with Gasteiger partial charge in [-0.3, -0.25) is 4.79 Å². The van der Waals surface area contributed by atoms with Crippen LogP contribution < -0.4 is 10.6 Å². The van der Waals surface area contributed by atoms with E-state index < -0.39 is 0 Å². The fourth-order valence-corrected chi connectivity index (χ4v) is 3.37. The highest BCUT2D eigenvalue weighted by Crippen LogP contribution is 2.41. The van der Waals surface area contributed by atoms with Crippen molar-refractivity contribution in [3.05, 3.63) is 70.8 Å². The van der Waals surface area contributed by atoms with Crippen molar-refractivity contribution < 1.29 is 4.79 Å². The third kappa shape index (κ3) is 4.15. The lowest BCUT2D eigenvalue weighted by molar-refractivity contribution is 0.0951. The normalized spacial score (nSPS) is 21.0. The van der Waals surface area contributed by atoms with E-state index in [0.29, 0.717) is 24.1 Å². The van der Waals surface area contributed by atoms with Gasteiger partial charge in [0.1, 0.15) is 0 Å². The number of rotatable bonds is 7.